The summed E-state index contributed by atoms with van der Waals surface area (Å²) in [4.78, 5) is 12.9. The number of halogens is 1. The van der Waals surface area contributed by atoms with Crippen LogP contribution in [0.1, 0.15) is 0 Å². The Kier molecular flexibility index (Phi) is 6.27. The van der Waals surface area contributed by atoms with E-state index in [1.165, 1.54) is 6.20 Å². The van der Waals surface area contributed by atoms with Crippen molar-refractivity contribution in [2.24, 2.45) is 0 Å². The molecule has 0 aromatic heterocycles. The molecular weight excluding hydrogens is 344 g/mol. The molecule has 2 aromatic rings. The number of benzene rings is 2. The van der Waals surface area contributed by atoms with E-state index in [1.807, 2.05) is 11.5 Å². The van der Waals surface area contributed by atoms with Crippen LogP contribution in [0, 0.1) is 22.0 Å². The van der Waals surface area contributed by atoms with Gasteiger partial charge in [0.2, 0.25) is 0 Å². The van der Waals surface area contributed by atoms with E-state index < -0.39 is 5.91 Å². The first kappa shape index (κ1) is 17.4. The van der Waals surface area contributed by atoms with Gasteiger partial charge >= 0.3 is 0 Å². The predicted octanol–water partition coefficient (Wildman–Crippen LogP) is 4.37. The van der Waals surface area contributed by atoms with Crippen LogP contribution in [0.4, 0.5) is 11.4 Å². The van der Waals surface area contributed by atoms with Crippen molar-refractivity contribution in [3.8, 4) is 11.5 Å². The number of anilines is 2. The highest BCUT2D eigenvalue weighted by molar-refractivity contribution is 8.03. The maximum Gasteiger partial charge on any atom is 0.267 e. The van der Waals surface area contributed by atoms with Crippen molar-refractivity contribution in [3.05, 3.63) is 65.3 Å². The Morgan fingerprint density at radius 2 is 1.88 bits per heavy atom. The molecule has 7 heteroatoms. The summed E-state index contributed by atoms with van der Waals surface area (Å²) in [5, 5.41) is 25.7. The van der Waals surface area contributed by atoms with Crippen LogP contribution < -0.4 is 10.6 Å². The van der Waals surface area contributed by atoms with Gasteiger partial charge < -0.3 is 10.6 Å². The highest BCUT2D eigenvalue weighted by Crippen LogP contribution is 2.19. The Morgan fingerprint density at radius 1 is 1.12 bits per heavy atom. The number of nitrogens with one attached hydrogen (secondary N) is 2. The summed E-state index contributed by atoms with van der Waals surface area (Å²) < 4.78 is 0. The number of amides is 1. The van der Waals surface area contributed by atoms with Gasteiger partial charge in [0.15, 0.2) is 0 Å². The monoisotopic (exact) mass is 354 g/mol. The molecule has 0 saturated carbocycles. The first-order chi connectivity index (χ1) is 11.6. The molecule has 118 valence electrons. The lowest BCUT2D eigenvalue weighted by atomic mass is 10.2. The molecule has 0 bridgehead atoms. The summed E-state index contributed by atoms with van der Waals surface area (Å²) in [6.07, 6.45) is 1.33. The van der Waals surface area contributed by atoms with Crippen LogP contribution in [0.3, 0.4) is 0 Å². The van der Waals surface area contributed by atoms with Gasteiger partial charge in [-0.15, -0.1) is 0 Å². The normalized spacial score (nSPS) is 10.4. The second-order valence-electron chi connectivity index (χ2n) is 4.50. The Bertz CT molecular complexity index is 850. The van der Waals surface area contributed by atoms with Gasteiger partial charge in [0.05, 0.1) is 0 Å². The van der Waals surface area contributed by atoms with Crippen LogP contribution in [-0.2, 0) is 4.79 Å². The average molecular weight is 355 g/mol. The van der Waals surface area contributed by atoms with Crippen LogP contribution in [0.5, 0.6) is 0 Å². The van der Waals surface area contributed by atoms with Crippen molar-refractivity contribution in [3.63, 3.8) is 0 Å². The zero-order valence-electron chi connectivity index (χ0n) is 12.3. The summed E-state index contributed by atoms with van der Waals surface area (Å²) in [7, 11) is 0. The summed E-state index contributed by atoms with van der Waals surface area (Å²) >= 11 is 6.91. The van der Waals surface area contributed by atoms with Crippen molar-refractivity contribution in [2.45, 2.75) is 4.90 Å². The predicted molar refractivity (Wildman–Crippen MR) is 95.3 cm³/mol. The SMILES string of the molecule is N#CSc1ccc(N/C=C(/C#N)C(=O)Nc2cccc(Cl)c2)cc1. The first-order valence-electron chi connectivity index (χ1n) is 6.72. The molecule has 0 heterocycles. The Hall–Kier alpha value is -2.93. The number of thiocyanates is 1. The average Bonchev–Trinajstić information content (AvgIpc) is 2.57. The summed E-state index contributed by atoms with van der Waals surface area (Å²) in [5.74, 6) is -0.538. The van der Waals surface area contributed by atoms with Gasteiger partial charge in [-0.05, 0) is 54.2 Å². The van der Waals surface area contributed by atoms with Gasteiger partial charge in [0.25, 0.3) is 5.91 Å². The van der Waals surface area contributed by atoms with E-state index in [1.54, 1.807) is 48.5 Å². The number of hydrogen-bond acceptors (Lipinski definition) is 5. The molecule has 1 amide bonds. The molecule has 0 aliphatic rings. The third-order valence-corrected chi connectivity index (χ3v) is 3.68. The Labute approximate surface area is 148 Å². The second kappa shape index (κ2) is 8.64. The van der Waals surface area contributed by atoms with Gasteiger partial charge in [-0.3, -0.25) is 4.79 Å². The fourth-order valence-corrected chi connectivity index (χ4v) is 2.31. The number of nitrogens with zero attached hydrogens (tertiary/aromatic N) is 2. The van der Waals surface area contributed by atoms with E-state index in [4.69, 9.17) is 22.1 Å². The molecule has 2 rings (SSSR count). The Balaban J connectivity index is 2.04. The minimum absolute atomic E-state index is 0.0783. The standard InChI is InChI=1S/C17H11ClN4OS/c18-13-2-1-3-15(8-13)22-17(23)12(9-19)10-21-14-4-6-16(7-5-14)24-11-20/h1-8,10,21H,(H,22,23)/b12-10-. The Morgan fingerprint density at radius 3 is 2.50 bits per heavy atom. The molecule has 0 spiro atoms. The largest absolute Gasteiger partial charge is 0.360 e. The van der Waals surface area contributed by atoms with Gasteiger partial charge in [-0.25, -0.2) is 0 Å². The molecule has 0 aliphatic heterocycles. The van der Waals surface area contributed by atoms with Crippen molar-refractivity contribution in [1.82, 2.24) is 0 Å². The van der Waals surface area contributed by atoms with Crippen LogP contribution >= 0.6 is 23.4 Å². The maximum absolute atomic E-state index is 12.1. The van der Waals surface area contributed by atoms with Gasteiger partial charge in [0, 0.05) is 27.5 Å². The lowest BCUT2D eigenvalue weighted by Crippen LogP contribution is -2.14. The van der Waals surface area contributed by atoms with Crippen molar-refractivity contribution < 1.29 is 4.79 Å². The number of thioether (sulfide) groups is 1. The minimum atomic E-state index is -0.538. The molecule has 0 unspecified atom stereocenters. The number of rotatable bonds is 5. The molecule has 0 radical (unpaired) electrons. The lowest BCUT2D eigenvalue weighted by molar-refractivity contribution is -0.112. The molecule has 0 fully saturated rings. The van der Waals surface area contributed by atoms with Gasteiger partial charge in [0.1, 0.15) is 17.0 Å². The van der Waals surface area contributed by atoms with E-state index >= 15 is 0 Å². The van der Waals surface area contributed by atoms with Crippen LogP contribution in [0.25, 0.3) is 0 Å². The van der Waals surface area contributed by atoms with Crippen LogP contribution in [0.2, 0.25) is 5.02 Å². The van der Waals surface area contributed by atoms with Gasteiger partial charge in [-0.2, -0.15) is 10.5 Å². The highest BCUT2D eigenvalue weighted by atomic mass is 35.5. The molecular formula is C17H11ClN4OS. The lowest BCUT2D eigenvalue weighted by Gasteiger charge is -2.06. The molecule has 0 atom stereocenters. The van der Waals surface area contributed by atoms with Gasteiger partial charge in [-0.1, -0.05) is 17.7 Å². The fourth-order valence-electron chi connectivity index (χ4n) is 1.74. The van der Waals surface area contributed by atoms with E-state index in [0.717, 1.165) is 16.7 Å². The number of carbonyl (C=O) groups is 1. The minimum Gasteiger partial charge on any atom is -0.360 e. The number of carbonyl (C=O) groups excluding carboxylic acids is 1. The summed E-state index contributed by atoms with van der Waals surface area (Å²) in [5.41, 5.74) is 1.12. The second-order valence-corrected chi connectivity index (χ2v) is 5.79. The van der Waals surface area contributed by atoms with Crippen molar-refractivity contribution >= 4 is 40.6 Å². The molecule has 2 N–H and O–H groups in total. The van der Waals surface area contributed by atoms with Crippen LogP contribution in [0.15, 0.2) is 65.2 Å². The number of nitriles is 2. The van der Waals surface area contributed by atoms with E-state index in [9.17, 15) is 4.79 Å². The van der Waals surface area contributed by atoms with E-state index in [0.29, 0.717) is 16.4 Å². The molecule has 2 aromatic carbocycles. The van der Waals surface area contributed by atoms with Crippen LogP contribution in [-0.4, -0.2) is 5.91 Å². The molecule has 24 heavy (non-hydrogen) atoms. The zero-order chi connectivity index (χ0) is 17.4. The summed E-state index contributed by atoms with van der Waals surface area (Å²) in [6.45, 7) is 0. The van der Waals surface area contributed by atoms with E-state index in [-0.39, 0.29) is 5.57 Å². The molecule has 0 aliphatic carbocycles. The highest BCUT2D eigenvalue weighted by Gasteiger charge is 2.09. The summed E-state index contributed by atoms with van der Waals surface area (Å²) in [6, 6.07) is 15.5. The quantitative estimate of drug-likeness (QED) is 0.360. The topological polar surface area (TPSA) is 88.7 Å². The first-order valence-corrected chi connectivity index (χ1v) is 7.91. The third-order valence-electron chi connectivity index (χ3n) is 2.85. The van der Waals surface area contributed by atoms with E-state index in [2.05, 4.69) is 10.6 Å². The maximum atomic E-state index is 12.1. The fraction of sp³-hybridized carbons (Fsp3) is 0. The molecule has 0 saturated heterocycles. The zero-order valence-corrected chi connectivity index (χ0v) is 13.9. The molecule has 5 nitrogen and oxygen atoms in total. The van der Waals surface area contributed by atoms with Crippen molar-refractivity contribution in [2.75, 3.05) is 10.6 Å². The third kappa shape index (κ3) is 5.06. The number of hydrogen-bond donors (Lipinski definition) is 2. The van der Waals surface area contributed by atoms with Crippen molar-refractivity contribution in [1.29, 1.82) is 10.5 Å². The smallest absolute Gasteiger partial charge is 0.267 e.